The van der Waals surface area contributed by atoms with E-state index in [1.807, 2.05) is 42.5 Å². The minimum Gasteiger partial charge on any atom is -0.468 e. The monoisotopic (exact) mass is 370 g/mol. The van der Waals surface area contributed by atoms with Crippen LogP contribution in [0.2, 0.25) is 0 Å². The molecule has 0 N–H and O–H groups in total. The number of carbonyl (C=O) groups is 1. The van der Waals surface area contributed by atoms with Gasteiger partial charge in [-0.2, -0.15) is 0 Å². The molecule has 0 aliphatic heterocycles. The molecule has 3 rings (SSSR count). The highest BCUT2D eigenvalue weighted by Crippen LogP contribution is 2.33. The Labute approximate surface area is 142 Å². The van der Waals surface area contributed by atoms with Crippen LogP contribution in [0.1, 0.15) is 12.5 Å². The highest BCUT2D eigenvalue weighted by molar-refractivity contribution is 9.10. The maximum Gasteiger partial charge on any atom is 0.326 e. The van der Waals surface area contributed by atoms with Gasteiger partial charge in [0.25, 0.3) is 0 Å². The van der Waals surface area contributed by atoms with Crippen molar-refractivity contribution in [3.63, 3.8) is 0 Å². The van der Waals surface area contributed by atoms with Gasteiger partial charge < -0.3 is 4.74 Å². The van der Waals surface area contributed by atoms with Crippen molar-refractivity contribution in [2.45, 2.75) is 11.2 Å². The van der Waals surface area contributed by atoms with Gasteiger partial charge in [0.1, 0.15) is 4.32 Å². The number of rotatable bonds is 2. The molecule has 0 fully saturated rings. The van der Waals surface area contributed by atoms with Crippen molar-refractivity contribution in [2.75, 3.05) is 7.11 Å². The van der Waals surface area contributed by atoms with Crippen LogP contribution in [0, 0.1) is 0 Å². The molecule has 0 aromatic heterocycles. The lowest BCUT2D eigenvalue weighted by atomic mass is 9.98. The fourth-order valence-electron chi connectivity index (χ4n) is 2.68. The molecule has 0 spiro atoms. The molecule has 3 aromatic rings. The number of esters is 1. The zero-order valence-corrected chi connectivity index (χ0v) is 14.4. The molecule has 0 saturated carbocycles. The van der Waals surface area contributed by atoms with Crippen LogP contribution in [0.15, 0.2) is 59.4 Å². The maximum absolute atomic E-state index is 12.7. The quantitative estimate of drug-likeness (QED) is 0.503. The van der Waals surface area contributed by atoms with E-state index in [2.05, 4.69) is 15.9 Å². The molecule has 116 valence electrons. The number of methoxy groups -OCH3 is 1. The van der Waals surface area contributed by atoms with Crippen molar-refractivity contribution < 1.29 is 9.53 Å². The molecule has 0 unspecified atom stereocenters. The molecule has 0 radical (unpaired) electrons. The summed E-state index contributed by atoms with van der Waals surface area (Å²) in [7, 11) is 1.35. The number of alkyl halides is 1. The van der Waals surface area contributed by atoms with Gasteiger partial charge in [0.2, 0.25) is 0 Å². The van der Waals surface area contributed by atoms with Crippen molar-refractivity contribution in [1.82, 2.24) is 0 Å². The lowest BCUT2D eigenvalue weighted by molar-refractivity contribution is -0.143. The fraction of sp³-hybridized carbons (Fsp3) is 0.158. The number of hydrogen-bond donors (Lipinski definition) is 0. The normalized spacial score (nSPS) is 13.7. The Kier molecular flexibility index (Phi) is 3.94. The Morgan fingerprint density at radius 2 is 1.65 bits per heavy atom. The Balaban J connectivity index is 2.32. The molecular formula is C19H15BrO3. The van der Waals surface area contributed by atoms with Crippen molar-refractivity contribution in [1.29, 1.82) is 0 Å². The van der Waals surface area contributed by atoms with Crippen LogP contribution in [0.4, 0.5) is 0 Å². The van der Waals surface area contributed by atoms with Crippen molar-refractivity contribution >= 4 is 43.4 Å². The van der Waals surface area contributed by atoms with Crippen molar-refractivity contribution in [2.24, 2.45) is 0 Å². The van der Waals surface area contributed by atoms with E-state index in [1.54, 1.807) is 19.1 Å². The maximum atomic E-state index is 12.7. The van der Waals surface area contributed by atoms with Gasteiger partial charge in [0.05, 0.1) is 7.11 Å². The number of fused-ring (bicyclic) bond motifs is 2. The number of carbonyl (C=O) groups excluding carboxylic acids is 1. The highest BCUT2D eigenvalue weighted by atomic mass is 79.9. The Hall–Kier alpha value is -2.20. The predicted molar refractivity (Wildman–Crippen MR) is 96.0 cm³/mol. The minimum absolute atomic E-state index is 0.0125. The minimum atomic E-state index is -0.952. The molecule has 0 bridgehead atoms. The molecule has 23 heavy (non-hydrogen) atoms. The summed E-state index contributed by atoms with van der Waals surface area (Å²) in [5.41, 5.74) is 0.730. The molecule has 0 amide bonds. The standard InChI is InChI=1S/C19H15BrO3/c1-19(20,18(22)23-2)14-9-10-16-13(11-14)8-7-12-5-3-4-6-15(12)17(16)21/h3-11H,1-2H3/t19-/m1/s1. The third-order valence-electron chi connectivity index (χ3n) is 4.05. The lowest BCUT2D eigenvalue weighted by Gasteiger charge is -2.20. The predicted octanol–water partition coefficient (Wildman–Crippen LogP) is 4.14. The summed E-state index contributed by atoms with van der Waals surface area (Å²) in [6.45, 7) is 1.73. The smallest absolute Gasteiger partial charge is 0.326 e. The zero-order valence-electron chi connectivity index (χ0n) is 12.8. The summed E-state index contributed by atoms with van der Waals surface area (Å²) in [4.78, 5) is 24.7. The van der Waals surface area contributed by atoms with Gasteiger partial charge in [0.15, 0.2) is 5.43 Å². The molecular weight excluding hydrogens is 356 g/mol. The highest BCUT2D eigenvalue weighted by Gasteiger charge is 2.33. The number of ether oxygens (including phenoxy) is 1. The van der Waals surface area contributed by atoms with E-state index in [0.29, 0.717) is 10.8 Å². The third kappa shape index (κ3) is 2.63. The van der Waals surface area contributed by atoms with Crippen LogP contribution < -0.4 is 5.43 Å². The largest absolute Gasteiger partial charge is 0.468 e. The Morgan fingerprint density at radius 1 is 1.00 bits per heavy atom. The first-order chi connectivity index (χ1) is 10.9. The number of benzene rings is 2. The molecule has 0 aliphatic carbocycles. The van der Waals surface area contributed by atoms with Crippen LogP contribution in [0.25, 0.3) is 21.5 Å². The molecule has 3 nitrogen and oxygen atoms in total. The first-order valence-electron chi connectivity index (χ1n) is 7.19. The SMILES string of the molecule is COC(=O)[C@](C)(Br)c1ccc2c(=O)c3ccccc3ccc2c1. The first-order valence-corrected chi connectivity index (χ1v) is 7.98. The van der Waals surface area contributed by atoms with Gasteiger partial charge in [-0.1, -0.05) is 64.5 Å². The van der Waals surface area contributed by atoms with Crippen molar-refractivity contribution in [3.8, 4) is 0 Å². The first kappa shape index (κ1) is 15.7. The Bertz CT molecular complexity index is 977. The number of hydrogen-bond acceptors (Lipinski definition) is 3. The van der Waals surface area contributed by atoms with Crippen LogP contribution in [0.5, 0.6) is 0 Å². The average Bonchev–Trinajstić information content (AvgIpc) is 2.71. The molecule has 0 aliphatic rings. The van der Waals surface area contributed by atoms with E-state index in [4.69, 9.17) is 4.74 Å². The summed E-state index contributed by atoms with van der Waals surface area (Å²) < 4.78 is 3.89. The van der Waals surface area contributed by atoms with E-state index < -0.39 is 4.32 Å². The topological polar surface area (TPSA) is 43.4 Å². The second-order valence-corrected chi connectivity index (χ2v) is 7.13. The Morgan fingerprint density at radius 3 is 2.39 bits per heavy atom. The summed E-state index contributed by atoms with van der Waals surface area (Å²) in [5, 5.41) is 3.00. The van der Waals surface area contributed by atoms with E-state index >= 15 is 0 Å². The summed E-state index contributed by atoms with van der Waals surface area (Å²) in [6.07, 6.45) is 0. The van der Waals surface area contributed by atoms with E-state index in [0.717, 1.165) is 16.3 Å². The summed E-state index contributed by atoms with van der Waals surface area (Å²) >= 11 is 3.42. The fourth-order valence-corrected chi connectivity index (χ4v) is 3.09. The zero-order chi connectivity index (χ0) is 16.6. The lowest BCUT2D eigenvalue weighted by Crippen LogP contribution is -2.26. The van der Waals surface area contributed by atoms with E-state index in [1.165, 1.54) is 7.11 Å². The van der Waals surface area contributed by atoms with Crippen LogP contribution in [0.3, 0.4) is 0 Å². The van der Waals surface area contributed by atoms with Gasteiger partial charge in [-0.05, 0) is 29.3 Å². The molecule has 4 heteroatoms. The van der Waals surface area contributed by atoms with Crippen LogP contribution in [-0.4, -0.2) is 13.1 Å². The van der Waals surface area contributed by atoms with Gasteiger partial charge in [0, 0.05) is 10.8 Å². The third-order valence-corrected chi connectivity index (χ3v) is 4.84. The van der Waals surface area contributed by atoms with Gasteiger partial charge >= 0.3 is 5.97 Å². The second-order valence-electron chi connectivity index (χ2n) is 5.55. The summed E-state index contributed by atoms with van der Waals surface area (Å²) in [6, 6.07) is 16.7. The van der Waals surface area contributed by atoms with E-state index in [-0.39, 0.29) is 11.4 Å². The van der Waals surface area contributed by atoms with E-state index in [9.17, 15) is 9.59 Å². The van der Waals surface area contributed by atoms with Gasteiger partial charge in [-0.15, -0.1) is 0 Å². The molecule has 1 atom stereocenters. The average molecular weight is 371 g/mol. The van der Waals surface area contributed by atoms with Gasteiger partial charge in [-0.25, -0.2) is 0 Å². The van der Waals surface area contributed by atoms with Crippen LogP contribution >= 0.6 is 15.9 Å². The van der Waals surface area contributed by atoms with Gasteiger partial charge in [-0.3, -0.25) is 9.59 Å². The van der Waals surface area contributed by atoms with Crippen LogP contribution in [-0.2, 0) is 13.9 Å². The second kappa shape index (κ2) is 5.78. The molecule has 0 saturated heterocycles. The summed E-state index contributed by atoms with van der Waals surface area (Å²) in [5.74, 6) is -0.385. The number of halogens is 1. The molecule has 3 aromatic carbocycles. The van der Waals surface area contributed by atoms with Crippen molar-refractivity contribution in [3.05, 3.63) is 70.4 Å². The molecule has 0 heterocycles.